The normalized spacial score (nSPS) is 11.9. The summed E-state index contributed by atoms with van der Waals surface area (Å²) < 4.78 is 5.24. The van der Waals surface area contributed by atoms with E-state index >= 15 is 0 Å². The SMILES string of the molecule is CC(C)(CCO)c1ccco1. The number of aliphatic hydroxyl groups is 1. The topological polar surface area (TPSA) is 33.4 Å². The van der Waals surface area contributed by atoms with Crippen LogP contribution in [-0.4, -0.2) is 11.7 Å². The van der Waals surface area contributed by atoms with Crippen LogP contribution in [0.5, 0.6) is 0 Å². The molecule has 11 heavy (non-hydrogen) atoms. The van der Waals surface area contributed by atoms with E-state index in [4.69, 9.17) is 9.52 Å². The predicted molar refractivity (Wildman–Crippen MR) is 43.4 cm³/mol. The van der Waals surface area contributed by atoms with Crippen LogP contribution in [-0.2, 0) is 5.41 Å². The van der Waals surface area contributed by atoms with Gasteiger partial charge in [-0.25, -0.2) is 0 Å². The van der Waals surface area contributed by atoms with Gasteiger partial charge in [0.1, 0.15) is 5.76 Å². The maximum Gasteiger partial charge on any atom is 0.109 e. The minimum atomic E-state index is -0.0434. The lowest BCUT2D eigenvalue weighted by Gasteiger charge is -2.19. The molecule has 62 valence electrons. The number of furan rings is 1. The Morgan fingerprint density at radius 2 is 2.27 bits per heavy atom. The van der Waals surface area contributed by atoms with Crippen LogP contribution in [0.15, 0.2) is 22.8 Å². The molecular weight excluding hydrogens is 140 g/mol. The van der Waals surface area contributed by atoms with Crippen molar-refractivity contribution in [2.45, 2.75) is 25.7 Å². The number of aliphatic hydroxyl groups excluding tert-OH is 1. The first-order chi connectivity index (χ1) is 5.17. The Kier molecular flexibility index (Phi) is 2.35. The summed E-state index contributed by atoms with van der Waals surface area (Å²) in [6.07, 6.45) is 2.40. The van der Waals surface area contributed by atoms with Gasteiger partial charge in [0.25, 0.3) is 0 Å². The van der Waals surface area contributed by atoms with Gasteiger partial charge in [0.15, 0.2) is 0 Å². The summed E-state index contributed by atoms with van der Waals surface area (Å²) in [7, 11) is 0. The second-order valence-electron chi connectivity index (χ2n) is 3.33. The van der Waals surface area contributed by atoms with E-state index in [0.717, 1.165) is 12.2 Å². The van der Waals surface area contributed by atoms with Crippen LogP contribution in [0.4, 0.5) is 0 Å². The molecule has 1 aromatic heterocycles. The van der Waals surface area contributed by atoms with Crippen molar-refractivity contribution < 1.29 is 9.52 Å². The first-order valence-corrected chi connectivity index (χ1v) is 3.81. The van der Waals surface area contributed by atoms with Crippen molar-refractivity contribution in [3.05, 3.63) is 24.2 Å². The van der Waals surface area contributed by atoms with Crippen LogP contribution in [0.25, 0.3) is 0 Å². The minimum absolute atomic E-state index is 0.0434. The van der Waals surface area contributed by atoms with Crippen molar-refractivity contribution in [3.63, 3.8) is 0 Å². The fraction of sp³-hybridized carbons (Fsp3) is 0.556. The third kappa shape index (κ3) is 1.84. The highest BCUT2D eigenvalue weighted by atomic mass is 16.3. The van der Waals surface area contributed by atoms with Gasteiger partial charge in [-0.1, -0.05) is 13.8 Å². The van der Waals surface area contributed by atoms with Gasteiger partial charge < -0.3 is 9.52 Å². The van der Waals surface area contributed by atoms with Gasteiger partial charge in [-0.3, -0.25) is 0 Å². The van der Waals surface area contributed by atoms with E-state index in [-0.39, 0.29) is 12.0 Å². The van der Waals surface area contributed by atoms with Crippen molar-refractivity contribution in [1.29, 1.82) is 0 Å². The summed E-state index contributed by atoms with van der Waals surface area (Å²) in [5.41, 5.74) is -0.0434. The monoisotopic (exact) mass is 154 g/mol. The molecule has 2 heteroatoms. The maximum atomic E-state index is 8.76. The zero-order chi connectivity index (χ0) is 8.32. The third-order valence-corrected chi connectivity index (χ3v) is 1.93. The quantitative estimate of drug-likeness (QED) is 0.721. The molecule has 0 unspecified atom stereocenters. The molecular formula is C9H14O2. The van der Waals surface area contributed by atoms with Crippen molar-refractivity contribution in [1.82, 2.24) is 0 Å². The summed E-state index contributed by atoms with van der Waals surface area (Å²) in [4.78, 5) is 0. The maximum absolute atomic E-state index is 8.76. The lowest BCUT2D eigenvalue weighted by atomic mass is 9.87. The van der Waals surface area contributed by atoms with Crippen molar-refractivity contribution >= 4 is 0 Å². The molecule has 2 nitrogen and oxygen atoms in total. The third-order valence-electron chi connectivity index (χ3n) is 1.93. The standard InChI is InChI=1S/C9H14O2/c1-9(2,5-6-10)8-4-3-7-11-8/h3-4,7,10H,5-6H2,1-2H3. The highest BCUT2D eigenvalue weighted by Gasteiger charge is 2.22. The molecule has 0 aliphatic heterocycles. The molecule has 0 aliphatic rings. The predicted octanol–water partition coefficient (Wildman–Crippen LogP) is 1.94. The highest BCUT2D eigenvalue weighted by molar-refractivity contribution is 5.10. The van der Waals surface area contributed by atoms with E-state index in [1.54, 1.807) is 6.26 Å². The number of hydrogen-bond donors (Lipinski definition) is 1. The fourth-order valence-electron chi connectivity index (χ4n) is 1.07. The van der Waals surface area contributed by atoms with Gasteiger partial charge in [-0.2, -0.15) is 0 Å². The van der Waals surface area contributed by atoms with Crippen LogP contribution < -0.4 is 0 Å². The Bertz CT molecular complexity index is 199. The summed E-state index contributed by atoms with van der Waals surface area (Å²) in [5, 5.41) is 8.76. The molecule has 1 N–H and O–H groups in total. The van der Waals surface area contributed by atoms with E-state index in [9.17, 15) is 0 Å². The molecule has 0 atom stereocenters. The Morgan fingerprint density at radius 3 is 2.73 bits per heavy atom. The van der Waals surface area contributed by atoms with Crippen LogP contribution >= 0.6 is 0 Å². The van der Waals surface area contributed by atoms with Crippen LogP contribution in [0, 0.1) is 0 Å². The van der Waals surface area contributed by atoms with E-state index in [2.05, 4.69) is 13.8 Å². The largest absolute Gasteiger partial charge is 0.469 e. The molecule has 0 aliphatic carbocycles. The van der Waals surface area contributed by atoms with Gasteiger partial charge in [-0.05, 0) is 18.6 Å². The van der Waals surface area contributed by atoms with Crippen LogP contribution in [0.3, 0.4) is 0 Å². The van der Waals surface area contributed by atoms with Gasteiger partial charge in [0, 0.05) is 12.0 Å². The Balaban J connectivity index is 2.73. The van der Waals surface area contributed by atoms with E-state index < -0.39 is 0 Å². The molecule has 0 saturated carbocycles. The second-order valence-corrected chi connectivity index (χ2v) is 3.33. The first kappa shape index (κ1) is 8.34. The molecule has 0 saturated heterocycles. The van der Waals surface area contributed by atoms with Crippen LogP contribution in [0.2, 0.25) is 0 Å². The summed E-state index contributed by atoms with van der Waals surface area (Å²) in [5.74, 6) is 0.937. The molecule has 1 aromatic rings. The first-order valence-electron chi connectivity index (χ1n) is 3.81. The molecule has 0 radical (unpaired) electrons. The average Bonchev–Trinajstić information content (AvgIpc) is 2.37. The van der Waals surface area contributed by atoms with Crippen molar-refractivity contribution in [3.8, 4) is 0 Å². The Hall–Kier alpha value is -0.760. The molecule has 1 rings (SSSR count). The smallest absolute Gasteiger partial charge is 0.109 e. The highest BCUT2D eigenvalue weighted by Crippen LogP contribution is 2.26. The van der Waals surface area contributed by atoms with E-state index in [0.29, 0.717) is 0 Å². The summed E-state index contributed by atoms with van der Waals surface area (Å²) in [6, 6.07) is 3.81. The van der Waals surface area contributed by atoms with Crippen molar-refractivity contribution in [2.75, 3.05) is 6.61 Å². The molecule has 0 fully saturated rings. The summed E-state index contributed by atoms with van der Waals surface area (Å²) in [6.45, 7) is 4.32. The van der Waals surface area contributed by atoms with E-state index in [1.807, 2.05) is 12.1 Å². The van der Waals surface area contributed by atoms with Crippen molar-refractivity contribution in [2.24, 2.45) is 0 Å². The zero-order valence-corrected chi connectivity index (χ0v) is 7.00. The number of hydrogen-bond acceptors (Lipinski definition) is 2. The molecule has 0 bridgehead atoms. The fourth-order valence-corrected chi connectivity index (χ4v) is 1.07. The zero-order valence-electron chi connectivity index (χ0n) is 7.00. The van der Waals surface area contributed by atoms with Gasteiger partial charge >= 0.3 is 0 Å². The lowest BCUT2D eigenvalue weighted by molar-refractivity contribution is 0.236. The van der Waals surface area contributed by atoms with Crippen LogP contribution in [0.1, 0.15) is 26.0 Å². The number of rotatable bonds is 3. The molecule has 0 amide bonds. The molecule has 0 spiro atoms. The van der Waals surface area contributed by atoms with E-state index in [1.165, 1.54) is 0 Å². The molecule has 0 aromatic carbocycles. The molecule has 1 heterocycles. The lowest BCUT2D eigenvalue weighted by Crippen LogP contribution is -2.17. The second kappa shape index (κ2) is 3.09. The minimum Gasteiger partial charge on any atom is -0.469 e. The van der Waals surface area contributed by atoms with Gasteiger partial charge in [0.05, 0.1) is 6.26 Å². The summed E-state index contributed by atoms with van der Waals surface area (Å²) >= 11 is 0. The van der Waals surface area contributed by atoms with Gasteiger partial charge in [0.2, 0.25) is 0 Å². The van der Waals surface area contributed by atoms with Gasteiger partial charge in [-0.15, -0.1) is 0 Å². The average molecular weight is 154 g/mol. The Morgan fingerprint density at radius 1 is 1.55 bits per heavy atom. The Labute approximate surface area is 66.8 Å².